The molecule has 1 fully saturated rings. The van der Waals surface area contributed by atoms with Gasteiger partial charge in [0.2, 0.25) is 0 Å². The van der Waals surface area contributed by atoms with Gasteiger partial charge in [0, 0.05) is 30.9 Å². The first-order valence-electron chi connectivity index (χ1n) is 10.8. The van der Waals surface area contributed by atoms with Gasteiger partial charge in [-0.1, -0.05) is 17.7 Å². The highest BCUT2D eigenvalue weighted by molar-refractivity contribution is 7.09. The van der Waals surface area contributed by atoms with E-state index in [1.165, 1.54) is 29.5 Å². The van der Waals surface area contributed by atoms with Gasteiger partial charge in [-0.05, 0) is 37.1 Å². The number of rotatable bonds is 7. The maximum atomic E-state index is 14.1. The smallest absolute Gasteiger partial charge is 0.273 e. The maximum Gasteiger partial charge on any atom is 0.273 e. The van der Waals surface area contributed by atoms with Crippen molar-refractivity contribution in [1.29, 1.82) is 5.26 Å². The van der Waals surface area contributed by atoms with Crippen LogP contribution in [-0.2, 0) is 6.54 Å². The van der Waals surface area contributed by atoms with Crippen LogP contribution in [0.4, 0.5) is 4.39 Å². The Balaban J connectivity index is 1.40. The molecule has 7 nitrogen and oxygen atoms in total. The number of nitrogens with zero attached hydrogens (tertiary/aromatic N) is 4. The standard InChI is InChI=1S/C24H22ClFN4O3S/c25-18-5-1-6-19(26)21(18)24(32)29-11-7-16(8-12-29)22-28-20(15-34-22)23(31)30(10-3-9-27)14-17-4-2-13-33-17/h1-2,4-6,13,15-16H,3,7-8,10-12,14H2. The molecule has 0 saturated carbocycles. The molecule has 0 aliphatic carbocycles. The number of likely N-dealkylation sites (tertiary alicyclic amines) is 1. The number of thiazole rings is 1. The number of piperidine rings is 1. The Hall–Kier alpha value is -3.22. The van der Waals surface area contributed by atoms with Crippen LogP contribution in [0.5, 0.6) is 0 Å². The van der Waals surface area contributed by atoms with Crippen LogP contribution in [0.1, 0.15) is 56.8 Å². The van der Waals surface area contributed by atoms with Gasteiger partial charge in [0.15, 0.2) is 0 Å². The van der Waals surface area contributed by atoms with Gasteiger partial charge in [0.05, 0.1) is 40.9 Å². The van der Waals surface area contributed by atoms with E-state index < -0.39 is 11.7 Å². The van der Waals surface area contributed by atoms with Crippen molar-refractivity contribution >= 4 is 34.8 Å². The number of hydrogen-bond acceptors (Lipinski definition) is 6. The van der Waals surface area contributed by atoms with E-state index in [2.05, 4.69) is 11.1 Å². The quantitative estimate of drug-likeness (QED) is 0.450. The molecule has 0 N–H and O–H groups in total. The zero-order valence-electron chi connectivity index (χ0n) is 18.2. The van der Waals surface area contributed by atoms with E-state index in [4.69, 9.17) is 21.3 Å². The number of nitriles is 1. The minimum absolute atomic E-state index is 0.0984. The number of carbonyl (C=O) groups is 2. The highest BCUT2D eigenvalue weighted by atomic mass is 35.5. The lowest BCUT2D eigenvalue weighted by atomic mass is 9.97. The zero-order chi connectivity index (χ0) is 24.1. The first-order chi connectivity index (χ1) is 16.5. The van der Waals surface area contributed by atoms with Crippen molar-refractivity contribution in [1.82, 2.24) is 14.8 Å². The van der Waals surface area contributed by atoms with E-state index in [9.17, 15) is 14.0 Å². The Kier molecular flexibility index (Phi) is 7.60. The molecule has 10 heteroatoms. The third-order valence-corrected chi connectivity index (χ3v) is 7.08. The maximum absolute atomic E-state index is 14.1. The number of amides is 2. The third kappa shape index (κ3) is 5.29. The zero-order valence-corrected chi connectivity index (χ0v) is 19.8. The van der Waals surface area contributed by atoms with Gasteiger partial charge in [-0.2, -0.15) is 5.26 Å². The molecule has 1 aliphatic rings. The van der Waals surface area contributed by atoms with Crippen molar-refractivity contribution in [2.45, 2.75) is 31.7 Å². The average Bonchev–Trinajstić information content (AvgIpc) is 3.54. The molecule has 176 valence electrons. The predicted molar refractivity (Wildman–Crippen MR) is 125 cm³/mol. The minimum atomic E-state index is -0.627. The van der Waals surface area contributed by atoms with Gasteiger partial charge in [0.25, 0.3) is 11.8 Å². The molecular formula is C24H22ClFN4O3S. The van der Waals surface area contributed by atoms with Crippen LogP contribution >= 0.6 is 22.9 Å². The van der Waals surface area contributed by atoms with E-state index in [1.54, 1.807) is 33.6 Å². The molecule has 3 heterocycles. The van der Waals surface area contributed by atoms with Crippen molar-refractivity contribution in [2.24, 2.45) is 0 Å². The average molecular weight is 501 g/mol. The summed E-state index contributed by atoms with van der Waals surface area (Å²) in [4.78, 5) is 33.6. The van der Waals surface area contributed by atoms with E-state index >= 15 is 0 Å². The van der Waals surface area contributed by atoms with Crippen LogP contribution in [0.15, 0.2) is 46.4 Å². The van der Waals surface area contributed by atoms with Crippen LogP contribution in [0, 0.1) is 17.1 Å². The van der Waals surface area contributed by atoms with Crippen molar-refractivity contribution in [3.8, 4) is 6.07 Å². The molecule has 34 heavy (non-hydrogen) atoms. The Morgan fingerprint density at radius 3 is 2.76 bits per heavy atom. The lowest BCUT2D eigenvalue weighted by Gasteiger charge is -2.31. The Morgan fingerprint density at radius 1 is 1.29 bits per heavy atom. The topological polar surface area (TPSA) is 90.4 Å². The summed E-state index contributed by atoms with van der Waals surface area (Å²) in [6, 6.07) is 9.80. The second-order valence-electron chi connectivity index (χ2n) is 7.95. The second kappa shape index (κ2) is 10.8. The lowest BCUT2D eigenvalue weighted by molar-refractivity contribution is 0.0708. The molecule has 2 aromatic heterocycles. The summed E-state index contributed by atoms with van der Waals surface area (Å²) >= 11 is 7.46. The summed E-state index contributed by atoms with van der Waals surface area (Å²) in [5.41, 5.74) is 0.236. The highest BCUT2D eigenvalue weighted by Crippen LogP contribution is 2.32. The monoisotopic (exact) mass is 500 g/mol. The summed E-state index contributed by atoms with van der Waals surface area (Å²) in [7, 11) is 0. The number of carbonyl (C=O) groups excluding carboxylic acids is 2. The molecule has 0 spiro atoms. The number of furan rings is 1. The molecule has 1 aromatic carbocycles. The van der Waals surface area contributed by atoms with Gasteiger partial charge < -0.3 is 14.2 Å². The van der Waals surface area contributed by atoms with E-state index in [1.807, 2.05) is 0 Å². The second-order valence-corrected chi connectivity index (χ2v) is 9.25. The fraction of sp³-hybridized carbons (Fsp3) is 0.333. The van der Waals surface area contributed by atoms with Crippen LogP contribution in [0.3, 0.4) is 0 Å². The van der Waals surface area contributed by atoms with E-state index in [-0.39, 0.29) is 41.9 Å². The fourth-order valence-corrected chi connectivity index (χ4v) is 5.16. The van der Waals surface area contributed by atoms with Crippen LogP contribution < -0.4 is 0 Å². The van der Waals surface area contributed by atoms with Crippen molar-refractivity contribution in [3.05, 3.63) is 74.8 Å². The summed E-state index contributed by atoms with van der Waals surface area (Å²) in [6.07, 6.45) is 3.06. The number of hydrogen-bond donors (Lipinski definition) is 0. The Bertz CT molecular complexity index is 1180. The molecule has 1 saturated heterocycles. The normalized spacial score (nSPS) is 14.1. The summed E-state index contributed by atoms with van der Waals surface area (Å²) in [5.74, 6) is -0.560. The van der Waals surface area contributed by atoms with Gasteiger partial charge in [-0.15, -0.1) is 11.3 Å². The number of aromatic nitrogens is 1. The van der Waals surface area contributed by atoms with Crippen molar-refractivity contribution in [3.63, 3.8) is 0 Å². The summed E-state index contributed by atoms with van der Waals surface area (Å²) in [6.45, 7) is 1.44. The number of halogens is 2. The highest BCUT2D eigenvalue weighted by Gasteiger charge is 2.29. The van der Waals surface area contributed by atoms with Gasteiger partial charge in [-0.3, -0.25) is 9.59 Å². The fourth-order valence-electron chi connectivity index (χ4n) is 3.95. The van der Waals surface area contributed by atoms with Crippen LogP contribution in [0.25, 0.3) is 0 Å². The third-order valence-electron chi connectivity index (χ3n) is 5.76. The first-order valence-corrected chi connectivity index (χ1v) is 12.1. The molecule has 2 amide bonds. The predicted octanol–water partition coefficient (Wildman–Crippen LogP) is 5.10. The Morgan fingerprint density at radius 2 is 2.09 bits per heavy atom. The molecule has 0 bridgehead atoms. The van der Waals surface area contributed by atoms with Crippen molar-refractivity contribution < 1.29 is 18.4 Å². The van der Waals surface area contributed by atoms with Crippen molar-refractivity contribution in [2.75, 3.05) is 19.6 Å². The molecule has 0 radical (unpaired) electrons. The van der Waals surface area contributed by atoms with E-state index in [0.29, 0.717) is 37.4 Å². The van der Waals surface area contributed by atoms with Crippen LogP contribution in [0.2, 0.25) is 5.02 Å². The molecule has 1 aliphatic heterocycles. The van der Waals surface area contributed by atoms with Gasteiger partial charge in [0.1, 0.15) is 17.3 Å². The summed E-state index contributed by atoms with van der Waals surface area (Å²) in [5, 5.41) is 11.6. The molecule has 0 atom stereocenters. The van der Waals surface area contributed by atoms with Crippen LogP contribution in [-0.4, -0.2) is 46.2 Å². The molecule has 4 rings (SSSR count). The first kappa shape index (κ1) is 23.9. The summed E-state index contributed by atoms with van der Waals surface area (Å²) < 4.78 is 19.5. The van der Waals surface area contributed by atoms with E-state index in [0.717, 1.165) is 5.01 Å². The molecule has 0 unspecified atom stereocenters. The van der Waals surface area contributed by atoms with Gasteiger partial charge >= 0.3 is 0 Å². The Labute approximate surface area is 205 Å². The lowest BCUT2D eigenvalue weighted by Crippen LogP contribution is -2.38. The number of benzene rings is 1. The largest absolute Gasteiger partial charge is 0.467 e. The molecule has 3 aromatic rings. The molecular weight excluding hydrogens is 479 g/mol. The SMILES string of the molecule is N#CCCN(Cc1ccco1)C(=O)c1csc(C2CCN(C(=O)c3c(F)cccc3Cl)CC2)n1. The minimum Gasteiger partial charge on any atom is -0.467 e. The van der Waals surface area contributed by atoms with Gasteiger partial charge in [-0.25, -0.2) is 9.37 Å².